The van der Waals surface area contributed by atoms with Crippen LogP contribution in [0.1, 0.15) is 13.8 Å². The van der Waals surface area contributed by atoms with Gasteiger partial charge in [0.2, 0.25) is 0 Å². The number of methoxy groups -OCH3 is 1. The normalized spacial score (nSPS) is 14.4. The standard InChI is InChI=1S/C27H24Cl2FN4O2/c1-15(2)10-34-11-17-6-16(7-18(17)12-34)13-36-24-9-22-19(8-23(24)35-3)27(32-14-31-22)33-21-5-4-20(28)25(29)26(21)30/h4-9,11-12,14-15H,10,13H2,1-3H3,(H,31,32,33)/q+1. The predicted octanol–water partition coefficient (Wildman–Crippen LogP) is 6.71. The van der Waals surface area contributed by atoms with E-state index in [0.717, 1.165) is 12.1 Å². The third-order valence-electron chi connectivity index (χ3n) is 5.80. The summed E-state index contributed by atoms with van der Waals surface area (Å²) >= 11 is 11.8. The molecule has 1 N–H and O–H groups in total. The zero-order chi connectivity index (χ0) is 25.4. The Balaban J connectivity index is 1.37. The molecule has 3 aromatic rings. The number of benzene rings is 2. The molecule has 0 radical (unpaired) electrons. The highest BCUT2D eigenvalue weighted by Crippen LogP contribution is 2.37. The SMILES string of the molecule is COc1cc2c(Nc3ccc(Cl)c(Cl)c3F)ncnc2cc1OCC1=CC2=C[N+](CC(C)C)=CC2=C1. The predicted molar refractivity (Wildman–Crippen MR) is 142 cm³/mol. The third-order valence-corrected chi connectivity index (χ3v) is 6.59. The Morgan fingerprint density at radius 2 is 1.92 bits per heavy atom. The van der Waals surface area contributed by atoms with Crippen molar-refractivity contribution in [1.29, 1.82) is 0 Å². The van der Waals surface area contributed by atoms with Crippen molar-refractivity contribution in [3.8, 4) is 11.5 Å². The molecule has 0 unspecified atom stereocenters. The number of nitrogens with one attached hydrogen (secondary N) is 1. The summed E-state index contributed by atoms with van der Waals surface area (Å²) in [7, 11) is 1.56. The molecule has 0 atom stereocenters. The zero-order valence-electron chi connectivity index (χ0n) is 20.0. The molecule has 0 amide bonds. The second kappa shape index (κ2) is 9.91. The lowest BCUT2D eigenvalue weighted by atomic mass is 10.2. The van der Waals surface area contributed by atoms with E-state index < -0.39 is 5.82 Å². The van der Waals surface area contributed by atoms with Crippen molar-refractivity contribution >= 4 is 51.8 Å². The Morgan fingerprint density at radius 3 is 2.67 bits per heavy atom. The highest BCUT2D eigenvalue weighted by molar-refractivity contribution is 6.42. The van der Waals surface area contributed by atoms with E-state index in [1.54, 1.807) is 19.2 Å². The maximum Gasteiger partial charge on any atom is 0.176 e. The molecule has 5 rings (SSSR count). The maximum atomic E-state index is 14.6. The Kier molecular flexibility index (Phi) is 6.69. The lowest BCUT2D eigenvalue weighted by Gasteiger charge is -2.14. The van der Waals surface area contributed by atoms with Crippen molar-refractivity contribution in [2.75, 3.05) is 25.6 Å². The van der Waals surface area contributed by atoms with E-state index in [1.807, 2.05) is 0 Å². The second-order valence-corrected chi connectivity index (χ2v) is 9.79. The van der Waals surface area contributed by atoms with Crippen LogP contribution < -0.4 is 14.8 Å². The molecule has 0 fully saturated rings. The number of aromatic nitrogens is 2. The van der Waals surface area contributed by atoms with Gasteiger partial charge < -0.3 is 14.8 Å². The zero-order valence-corrected chi connectivity index (χ0v) is 21.5. The minimum atomic E-state index is -0.661. The van der Waals surface area contributed by atoms with Crippen molar-refractivity contribution in [3.63, 3.8) is 0 Å². The Morgan fingerprint density at radius 1 is 1.08 bits per heavy atom. The van der Waals surface area contributed by atoms with Gasteiger partial charge in [-0.2, -0.15) is 0 Å². The van der Waals surface area contributed by atoms with Gasteiger partial charge in [0.05, 0.1) is 39.5 Å². The Hall–Kier alpha value is -3.42. The lowest BCUT2D eigenvalue weighted by Crippen LogP contribution is -2.10. The van der Waals surface area contributed by atoms with Crippen LogP contribution in [0.3, 0.4) is 0 Å². The van der Waals surface area contributed by atoms with Crippen LogP contribution in [0.15, 0.2) is 65.7 Å². The van der Waals surface area contributed by atoms with Crippen LogP contribution in [-0.2, 0) is 0 Å². The van der Waals surface area contributed by atoms with E-state index in [9.17, 15) is 4.39 Å². The first-order valence-corrected chi connectivity index (χ1v) is 12.2. The van der Waals surface area contributed by atoms with Crippen molar-refractivity contribution < 1.29 is 18.4 Å². The first-order valence-electron chi connectivity index (χ1n) is 11.4. The van der Waals surface area contributed by atoms with E-state index in [4.69, 9.17) is 32.7 Å². The smallest absolute Gasteiger partial charge is 0.176 e. The van der Waals surface area contributed by atoms with Crippen molar-refractivity contribution in [2.24, 2.45) is 5.92 Å². The fourth-order valence-electron chi connectivity index (χ4n) is 4.18. The number of ether oxygens (including phenoxy) is 2. The summed E-state index contributed by atoms with van der Waals surface area (Å²) in [5, 5.41) is 3.58. The number of anilines is 2. The minimum Gasteiger partial charge on any atom is -0.493 e. The van der Waals surface area contributed by atoms with Crippen LogP contribution in [0.5, 0.6) is 11.5 Å². The van der Waals surface area contributed by atoms with E-state index in [0.29, 0.717) is 40.7 Å². The fourth-order valence-corrected chi connectivity index (χ4v) is 4.49. The van der Waals surface area contributed by atoms with Gasteiger partial charge in [-0.1, -0.05) is 37.0 Å². The molecule has 1 aliphatic heterocycles. The van der Waals surface area contributed by atoms with E-state index in [2.05, 4.69) is 58.3 Å². The Labute approximate surface area is 218 Å². The molecule has 1 aliphatic carbocycles. The van der Waals surface area contributed by atoms with E-state index in [-0.39, 0.29) is 15.7 Å². The molecule has 2 aliphatic rings. The average Bonchev–Trinajstić information content (AvgIpc) is 3.40. The van der Waals surface area contributed by atoms with Gasteiger partial charge in [0.25, 0.3) is 0 Å². The van der Waals surface area contributed by atoms with Crippen LogP contribution in [0.2, 0.25) is 10.0 Å². The van der Waals surface area contributed by atoms with Crippen molar-refractivity contribution in [3.05, 3.63) is 81.5 Å². The van der Waals surface area contributed by atoms with Crippen LogP contribution in [0.4, 0.5) is 15.9 Å². The number of rotatable bonds is 8. The van der Waals surface area contributed by atoms with E-state index in [1.165, 1.54) is 29.6 Å². The summed E-state index contributed by atoms with van der Waals surface area (Å²) in [6.45, 7) is 5.78. The summed E-state index contributed by atoms with van der Waals surface area (Å²) in [6.07, 6.45) is 9.99. The molecule has 0 bridgehead atoms. The van der Waals surface area contributed by atoms with Gasteiger partial charge in [-0.15, -0.1) is 0 Å². The number of allylic oxidation sites excluding steroid dienone is 3. The molecule has 184 valence electrons. The number of nitrogens with zero attached hydrogens (tertiary/aromatic N) is 3. The van der Waals surface area contributed by atoms with Crippen LogP contribution in [0, 0.1) is 11.7 Å². The first-order chi connectivity index (χ1) is 17.3. The molecule has 6 nitrogen and oxygen atoms in total. The highest BCUT2D eigenvalue weighted by Gasteiger charge is 2.24. The average molecular weight is 526 g/mol. The van der Waals surface area contributed by atoms with Crippen molar-refractivity contribution in [2.45, 2.75) is 13.8 Å². The molecular formula is C27H24Cl2FN4O2+. The van der Waals surface area contributed by atoms with Gasteiger partial charge in [-0.3, -0.25) is 0 Å². The molecule has 36 heavy (non-hydrogen) atoms. The van der Waals surface area contributed by atoms with Gasteiger partial charge >= 0.3 is 0 Å². The first kappa shape index (κ1) is 24.3. The number of fused-ring (bicyclic) bond motifs is 2. The third kappa shape index (κ3) is 4.81. The largest absolute Gasteiger partial charge is 0.493 e. The number of hydrogen-bond donors (Lipinski definition) is 1. The monoisotopic (exact) mass is 525 g/mol. The van der Waals surface area contributed by atoms with E-state index >= 15 is 0 Å². The van der Waals surface area contributed by atoms with Crippen LogP contribution in [-0.4, -0.2) is 41.0 Å². The highest BCUT2D eigenvalue weighted by atomic mass is 35.5. The maximum absolute atomic E-state index is 14.6. The summed E-state index contributed by atoms with van der Waals surface area (Å²) in [6, 6.07) is 6.56. The molecule has 0 spiro atoms. The molecule has 0 saturated heterocycles. The lowest BCUT2D eigenvalue weighted by molar-refractivity contribution is -0.456. The van der Waals surface area contributed by atoms with Gasteiger partial charge in [0, 0.05) is 17.4 Å². The minimum absolute atomic E-state index is 0.134. The van der Waals surface area contributed by atoms with Crippen LogP contribution in [0.25, 0.3) is 10.9 Å². The number of halogens is 3. The van der Waals surface area contributed by atoms with Gasteiger partial charge in [-0.05, 0) is 35.9 Å². The summed E-state index contributed by atoms with van der Waals surface area (Å²) in [5.74, 6) is 1.38. The van der Waals surface area contributed by atoms with Gasteiger partial charge in [0.1, 0.15) is 18.8 Å². The Bertz CT molecular complexity index is 1490. The van der Waals surface area contributed by atoms with Crippen molar-refractivity contribution in [1.82, 2.24) is 9.97 Å². The molecule has 2 heterocycles. The number of hydrogen-bond acceptors (Lipinski definition) is 5. The van der Waals surface area contributed by atoms with Crippen LogP contribution >= 0.6 is 23.2 Å². The molecule has 0 saturated carbocycles. The summed E-state index contributed by atoms with van der Waals surface area (Å²) in [4.78, 5) is 8.63. The molecule has 9 heteroatoms. The summed E-state index contributed by atoms with van der Waals surface area (Å²) in [5.41, 5.74) is 4.21. The molecule has 1 aromatic heterocycles. The summed E-state index contributed by atoms with van der Waals surface area (Å²) < 4.78 is 28.5. The topological polar surface area (TPSA) is 59.3 Å². The quantitative estimate of drug-likeness (QED) is 0.261. The molecule has 2 aromatic carbocycles. The van der Waals surface area contributed by atoms with Gasteiger partial charge in [0.15, 0.2) is 36.3 Å². The second-order valence-electron chi connectivity index (χ2n) is 9.00. The van der Waals surface area contributed by atoms with Gasteiger partial charge in [-0.25, -0.2) is 18.9 Å². The fraction of sp³-hybridized carbons (Fsp3) is 0.222. The molecular weight excluding hydrogens is 502 g/mol.